The molecule has 2 saturated carbocycles. The number of aliphatic hydroxyl groups excluding tert-OH is 1. The Labute approximate surface area is 103 Å². The van der Waals surface area contributed by atoms with Gasteiger partial charge in [-0.25, -0.2) is 0 Å². The molecule has 0 unspecified atom stereocenters. The van der Waals surface area contributed by atoms with E-state index < -0.39 is 0 Å². The zero-order valence-electron chi connectivity index (χ0n) is 8.95. The number of pyridine rings is 1. The van der Waals surface area contributed by atoms with Gasteiger partial charge in [0.05, 0.1) is 4.47 Å². The van der Waals surface area contributed by atoms with Crippen molar-refractivity contribution in [1.29, 1.82) is 0 Å². The van der Waals surface area contributed by atoms with Crippen LogP contribution in [0.25, 0.3) is 0 Å². The first-order valence-corrected chi connectivity index (χ1v) is 6.57. The summed E-state index contributed by atoms with van der Waals surface area (Å²) in [6, 6.07) is 0. The Hall–Kier alpha value is -0.610. The Bertz CT molecular complexity index is 439. The van der Waals surface area contributed by atoms with Crippen LogP contribution in [-0.2, 0) is 6.61 Å². The quantitative estimate of drug-likeness (QED) is 0.684. The molecule has 86 valence electrons. The van der Waals surface area contributed by atoms with Gasteiger partial charge in [0, 0.05) is 5.56 Å². The molecular weight excluding hydrogens is 270 g/mol. The van der Waals surface area contributed by atoms with E-state index >= 15 is 0 Å². The molecule has 1 N–H and O–H groups in total. The van der Waals surface area contributed by atoms with E-state index in [1.807, 2.05) is 0 Å². The standard InChI is InChI=1S/C12H14BrNO2/c13-9-5-14(16)10(6-15)12(8-3-4-8)11(9)7-1-2-7/h5,7-8,15H,1-4,6H2. The summed E-state index contributed by atoms with van der Waals surface area (Å²) in [5, 5.41) is 21.1. The maximum Gasteiger partial charge on any atom is 0.222 e. The van der Waals surface area contributed by atoms with Gasteiger partial charge in [-0.2, -0.15) is 4.73 Å². The molecule has 0 radical (unpaired) electrons. The summed E-state index contributed by atoms with van der Waals surface area (Å²) in [5.41, 5.74) is 2.99. The minimum absolute atomic E-state index is 0.150. The van der Waals surface area contributed by atoms with Gasteiger partial charge in [0.25, 0.3) is 0 Å². The van der Waals surface area contributed by atoms with Crippen LogP contribution in [0.2, 0.25) is 0 Å². The predicted octanol–water partition coefficient (Wildman–Crippen LogP) is 2.33. The predicted molar refractivity (Wildman–Crippen MR) is 63.0 cm³/mol. The summed E-state index contributed by atoms with van der Waals surface area (Å²) >= 11 is 3.50. The van der Waals surface area contributed by atoms with E-state index in [0.29, 0.717) is 17.5 Å². The van der Waals surface area contributed by atoms with Crippen molar-refractivity contribution < 1.29 is 9.84 Å². The molecule has 0 atom stereocenters. The van der Waals surface area contributed by atoms with Crippen molar-refractivity contribution in [3.8, 4) is 0 Å². The number of rotatable bonds is 3. The summed E-state index contributed by atoms with van der Waals surface area (Å²) in [5.74, 6) is 1.12. The molecular formula is C12H14BrNO2. The van der Waals surface area contributed by atoms with Gasteiger partial charge in [0.1, 0.15) is 6.61 Å². The molecule has 0 bridgehead atoms. The third-order valence-electron chi connectivity index (χ3n) is 3.48. The summed E-state index contributed by atoms with van der Waals surface area (Å²) in [6.45, 7) is -0.150. The van der Waals surface area contributed by atoms with E-state index in [-0.39, 0.29) is 6.61 Å². The lowest BCUT2D eigenvalue weighted by atomic mass is 9.98. The molecule has 0 aliphatic heterocycles. The molecule has 16 heavy (non-hydrogen) atoms. The van der Waals surface area contributed by atoms with Crippen LogP contribution in [0, 0.1) is 5.21 Å². The highest BCUT2D eigenvalue weighted by Gasteiger charge is 2.39. The summed E-state index contributed by atoms with van der Waals surface area (Å²) in [4.78, 5) is 0. The second-order valence-corrected chi connectivity index (χ2v) is 5.64. The number of hydrogen-bond donors (Lipinski definition) is 1. The van der Waals surface area contributed by atoms with Crippen LogP contribution in [0.15, 0.2) is 10.7 Å². The minimum atomic E-state index is -0.150. The largest absolute Gasteiger partial charge is 0.618 e. The monoisotopic (exact) mass is 283 g/mol. The summed E-state index contributed by atoms with van der Waals surface area (Å²) < 4.78 is 1.74. The second-order valence-electron chi connectivity index (χ2n) is 4.78. The topological polar surface area (TPSA) is 47.2 Å². The highest BCUT2D eigenvalue weighted by Crippen LogP contribution is 2.51. The van der Waals surface area contributed by atoms with Crippen molar-refractivity contribution in [3.63, 3.8) is 0 Å². The first-order chi connectivity index (χ1) is 7.72. The Kier molecular flexibility index (Phi) is 2.44. The highest BCUT2D eigenvalue weighted by molar-refractivity contribution is 9.10. The molecule has 0 aromatic carbocycles. The van der Waals surface area contributed by atoms with Gasteiger partial charge < -0.3 is 10.3 Å². The van der Waals surface area contributed by atoms with E-state index in [4.69, 9.17) is 0 Å². The fourth-order valence-corrected chi connectivity index (χ4v) is 3.15. The van der Waals surface area contributed by atoms with Gasteiger partial charge >= 0.3 is 0 Å². The third kappa shape index (κ3) is 1.64. The third-order valence-corrected chi connectivity index (χ3v) is 4.11. The van der Waals surface area contributed by atoms with Gasteiger partial charge in [-0.05, 0) is 59.0 Å². The summed E-state index contributed by atoms with van der Waals surface area (Å²) in [6.07, 6.45) is 6.29. The van der Waals surface area contributed by atoms with Crippen LogP contribution in [-0.4, -0.2) is 5.11 Å². The molecule has 3 rings (SSSR count). The highest BCUT2D eigenvalue weighted by atomic mass is 79.9. The van der Waals surface area contributed by atoms with Crippen molar-refractivity contribution in [1.82, 2.24) is 0 Å². The van der Waals surface area contributed by atoms with E-state index in [0.717, 1.165) is 27.6 Å². The first kappa shape index (κ1) is 10.5. The zero-order chi connectivity index (χ0) is 11.3. The van der Waals surface area contributed by atoms with Crippen LogP contribution >= 0.6 is 15.9 Å². The van der Waals surface area contributed by atoms with E-state index in [9.17, 15) is 10.3 Å². The smallest absolute Gasteiger partial charge is 0.222 e. The Morgan fingerprint density at radius 1 is 1.25 bits per heavy atom. The Morgan fingerprint density at radius 2 is 1.81 bits per heavy atom. The lowest BCUT2D eigenvalue weighted by molar-refractivity contribution is -0.617. The van der Waals surface area contributed by atoms with Gasteiger partial charge in [-0.15, -0.1) is 0 Å². The normalized spacial score (nSPS) is 20.1. The molecule has 2 fully saturated rings. The van der Waals surface area contributed by atoms with Gasteiger partial charge in [-0.3, -0.25) is 0 Å². The second kappa shape index (κ2) is 3.70. The fraction of sp³-hybridized carbons (Fsp3) is 0.583. The maximum atomic E-state index is 11.7. The number of aliphatic hydroxyl groups is 1. The van der Waals surface area contributed by atoms with E-state index in [1.54, 1.807) is 6.20 Å². The number of aromatic nitrogens is 1. The SMILES string of the molecule is [O-][n+]1cc(Br)c(C2CC2)c(C2CC2)c1CO. The lowest BCUT2D eigenvalue weighted by Crippen LogP contribution is -2.34. The molecule has 1 aromatic rings. The minimum Gasteiger partial charge on any atom is -0.618 e. The first-order valence-electron chi connectivity index (χ1n) is 5.77. The molecule has 0 saturated heterocycles. The number of halogens is 1. The Morgan fingerprint density at radius 3 is 2.31 bits per heavy atom. The number of nitrogens with zero attached hydrogens (tertiary/aromatic N) is 1. The molecule has 4 heteroatoms. The van der Waals surface area contributed by atoms with Gasteiger partial charge in [0.15, 0.2) is 6.20 Å². The lowest BCUT2D eigenvalue weighted by Gasteiger charge is -2.14. The average Bonchev–Trinajstić information content (AvgIpc) is 3.10. The van der Waals surface area contributed by atoms with Crippen LogP contribution in [0.5, 0.6) is 0 Å². The van der Waals surface area contributed by atoms with Crippen LogP contribution in [0.4, 0.5) is 0 Å². The molecule has 3 nitrogen and oxygen atoms in total. The molecule has 0 spiro atoms. The van der Waals surface area contributed by atoms with Gasteiger partial charge in [-0.1, -0.05) is 0 Å². The zero-order valence-corrected chi connectivity index (χ0v) is 10.5. The molecule has 0 amide bonds. The summed E-state index contributed by atoms with van der Waals surface area (Å²) in [7, 11) is 0. The van der Waals surface area contributed by atoms with Gasteiger partial charge in [0.2, 0.25) is 5.69 Å². The average molecular weight is 284 g/mol. The molecule has 1 aromatic heterocycles. The van der Waals surface area contributed by atoms with Crippen molar-refractivity contribution >= 4 is 15.9 Å². The van der Waals surface area contributed by atoms with Crippen LogP contribution in [0.3, 0.4) is 0 Å². The number of hydrogen-bond acceptors (Lipinski definition) is 2. The van der Waals surface area contributed by atoms with Crippen molar-refractivity contribution in [2.45, 2.75) is 44.1 Å². The van der Waals surface area contributed by atoms with Crippen LogP contribution in [0.1, 0.15) is 54.3 Å². The van der Waals surface area contributed by atoms with Crippen LogP contribution < -0.4 is 4.73 Å². The van der Waals surface area contributed by atoms with E-state index in [1.165, 1.54) is 18.4 Å². The fourth-order valence-electron chi connectivity index (χ4n) is 2.42. The maximum absolute atomic E-state index is 11.7. The van der Waals surface area contributed by atoms with Crippen molar-refractivity contribution in [2.75, 3.05) is 0 Å². The molecule has 2 aliphatic rings. The molecule has 2 aliphatic carbocycles. The van der Waals surface area contributed by atoms with E-state index in [2.05, 4.69) is 15.9 Å². The Balaban J connectivity index is 2.20. The van der Waals surface area contributed by atoms with Crippen molar-refractivity contribution in [3.05, 3.63) is 32.7 Å². The van der Waals surface area contributed by atoms with Crippen molar-refractivity contribution in [2.24, 2.45) is 0 Å². The molecule has 1 heterocycles.